The van der Waals surface area contributed by atoms with Crippen LogP contribution in [-0.2, 0) is 21.7 Å². The molecular weight excluding hydrogens is 641 g/mol. The SMILES string of the molecule is Cc1cc(Nc2ccc(C(C)(C)C)cc2)cc(N(C2=CCC(C(C)(C)C)C=C2c2ccc(C(C)(C)C)cc2)c2ccc3c(c2)C(C)(C)CCC3(C)C)c1. The Morgan fingerprint density at radius 1 is 0.604 bits per heavy atom. The molecule has 2 aliphatic rings. The van der Waals surface area contributed by atoms with E-state index >= 15 is 0 Å². The lowest BCUT2D eigenvalue weighted by Gasteiger charge is -2.43. The summed E-state index contributed by atoms with van der Waals surface area (Å²) in [7, 11) is 0. The van der Waals surface area contributed by atoms with E-state index in [0.29, 0.717) is 5.92 Å². The van der Waals surface area contributed by atoms with Gasteiger partial charge in [0.2, 0.25) is 0 Å². The summed E-state index contributed by atoms with van der Waals surface area (Å²) in [5, 5.41) is 3.78. The molecule has 6 rings (SSSR count). The van der Waals surface area contributed by atoms with Gasteiger partial charge in [0, 0.05) is 34.0 Å². The molecule has 0 bridgehead atoms. The number of rotatable bonds is 6. The summed E-state index contributed by atoms with van der Waals surface area (Å²) in [5.74, 6) is 0.430. The van der Waals surface area contributed by atoms with Crippen LogP contribution in [0.5, 0.6) is 0 Å². The summed E-state index contributed by atoms with van der Waals surface area (Å²) >= 11 is 0. The molecule has 0 heterocycles. The average Bonchev–Trinajstić information content (AvgIpc) is 3.06. The van der Waals surface area contributed by atoms with E-state index in [1.165, 1.54) is 68.9 Å². The maximum atomic E-state index is 3.78. The van der Waals surface area contributed by atoms with E-state index in [4.69, 9.17) is 0 Å². The minimum Gasteiger partial charge on any atom is -0.355 e. The number of hydrogen-bond acceptors (Lipinski definition) is 2. The van der Waals surface area contributed by atoms with E-state index in [2.05, 4.69) is 204 Å². The van der Waals surface area contributed by atoms with Crippen molar-refractivity contribution in [1.29, 1.82) is 0 Å². The van der Waals surface area contributed by atoms with Crippen LogP contribution in [0.3, 0.4) is 0 Å². The Bertz CT molecular complexity index is 2010. The summed E-state index contributed by atoms with van der Waals surface area (Å²) in [6, 6.07) is 32.6. The molecule has 2 aliphatic carbocycles. The van der Waals surface area contributed by atoms with Crippen LogP contribution in [0.1, 0.15) is 143 Å². The van der Waals surface area contributed by atoms with Crippen LogP contribution in [0, 0.1) is 18.3 Å². The predicted molar refractivity (Wildman–Crippen MR) is 232 cm³/mol. The van der Waals surface area contributed by atoms with E-state index in [1.807, 2.05) is 0 Å². The average molecular weight is 707 g/mol. The summed E-state index contributed by atoms with van der Waals surface area (Å²) < 4.78 is 0. The zero-order valence-corrected chi connectivity index (χ0v) is 35.4. The molecule has 0 radical (unpaired) electrons. The minimum absolute atomic E-state index is 0.0971. The lowest BCUT2D eigenvalue weighted by Crippen LogP contribution is -2.34. The third-order valence-corrected chi connectivity index (χ3v) is 12.1. The van der Waals surface area contributed by atoms with Crippen molar-refractivity contribution in [3.63, 3.8) is 0 Å². The van der Waals surface area contributed by atoms with Gasteiger partial charge in [0.15, 0.2) is 0 Å². The minimum atomic E-state index is 0.0971. The quantitative estimate of drug-likeness (QED) is 0.215. The Hall–Kier alpha value is -4.04. The number of hydrogen-bond donors (Lipinski definition) is 1. The van der Waals surface area contributed by atoms with Gasteiger partial charge in [-0.05, 0) is 135 Å². The van der Waals surface area contributed by atoms with E-state index in [0.717, 1.165) is 17.8 Å². The van der Waals surface area contributed by atoms with Gasteiger partial charge in [-0.1, -0.05) is 145 Å². The maximum absolute atomic E-state index is 3.78. The molecule has 53 heavy (non-hydrogen) atoms. The molecule has 1 unspecified atom stereocenters. The van der Waals surface area contributed by atoms with Gasteiger partial charge in [-0.15, -0.1) is 0 Å². The summed E-state index contributed by atoms with van der Waals surface area (Å²) in [6.07, 6.45) is 8.49. The molecule has 4 aromatic rings. The van der Waals surface area contributed by atoms with Crippen molar-refractivity contribution in [2.75, 3.05) is 10.2 Å². The fourth-order valence-corrected chi connectivity index (χ4v) is 8.24. The van der Waals surface area contributed by atoms with E-state index in [-0.39, 0.29) is 27.1 Å². The molecule has 2 nitrogen and oxygen atoms in total. The molecule has 1 atom stereocenters. The van der Waals surface area contributed by atoms with Gasteiger partial charge in [0.25, 0.3) is 0 Å². The van der Waals surface area contributed by atoms with Crippen molar-refractivity contribution in [3.8, 4) is 0 Å². The molecule has 0 saturated carbocycles. The highest BCUT2D eigenvalue weighted by Crippen LogP contribution is 2.50. The number of allylic oxidation sites excluding steroid dienone is 3. The first kappa shape index (κ1) is 38.7. The fourth-order valence-electron chi connectivity index (χ4n) is 8.24. The highest BCUT2D eigenvalue weighted by atomic mass is 15.2. The zero-order valence-electron chi connectivity index (χ0n) is 35.4. The second kappa shape index (κ2) is 13.7. The molecular formula is C51H66N2. The Morgan fingerprint density at radius 3 is 1.74 bits per heavy atom. The molecule has 280 valence electrons. The highest BCUT2D eigenvalue weighted by Gasteiger charge is 2.38. The molecule has 0 saturated heterocycles. The molecule has 4 aromatic carbocycles. The van der Waals surface area contributed by atoms with Crippen molar-refractivity contribution in [2.24, 2.45) is 11.3 Å². The Morgan fingerprint density at radius 2 is 1.17 bits per heavy atom. The fraction of sp³-hybridized carbons (Fsp3) is 0.451. The topological polar surface area (TPSA) is 15.3 Å². The molecule has 2 heteroatoms. The second-order valence-electron chi connectivity index (χ2n) is 20.5. The van der Waals surface area contributed by atoms with Crippen LogP contribution in [0.2, 0.25) is 0 Å². The normalized spacial score (nSPS) is 18.5. The first-order valence-corrected chi connectivity index (χ1v) is 20.0. The second-order valence-corrected chi connectivity index (χ2v) is 20.5. The third-order valence-electron chi connectivity index (χ3n) is 12.1. The third kappa shape index (κ3) is 8.23. The van der Waals surface area contributed by atoms with E-state index < -0.39 is 0 Å². The maximum Gasteiger partial charge on any atom is 0.0497 e. The van der Waals surface area contributed by atoms with Crippen molar-refractivity contribution in [1.82, 2.24) is 0 Å². The lowest BCUT2D eigenvalue weighted by atomic mass is 9.63. The smallest absolute Gasteiger partial charge is 0.0497 e. The van der Waals surface area contributed by atoms with Crippen LogP contribution in [-0.4, -0.2) is 0 Å². The van der Waals surface area contributed by atoms with Crippen molar-refractivity contribution >= 4 is 28.3 Å². The number of nitrogens with one attached hydrogen (secondary N) is 1. The molecule has 0 aliphatic heterocycles. The van der Waals surface area contributed by atoms with Gasteiger partial charge < -0.3 is 10.2 Å². The first-order chi connectivity index (χ1) is 24.5. The van der Waals surface area contributed by atoms with Crippen molar-refractivity contribution < 1.29 is 0 Å². The van der Waals surface area contributed by atoms with Crippen LogP contribution < -0.4 is 10.2 Å². The number of benzene rings is 4. The van der Waals surface area contributed by atoms with E-state index in [1.54, 1.807) is 0 Å². The highest BCUT2D eigenvalue weighted by molar-refractivity contribution is 5.90. The Labute approximate surface area is 322 Å². The van der Waals surface area contributed by atoms with Gasteiger partial charge in [0.1, 0.15) is 0 Å². The molecule has 0 aromatic heterocycles. The molecule has 0 spiro atoms. The van der Waals surface area contributed by atoms with Gasteiger partial charge in [-0.25, -0.2) is 0 Å². The van der Waals surface area contributed by atoms with Gasteiger partial charge in [-0.2, -0.15) is 0 Å². The Kier molecular flexibility index (Phi) is 9.98. The van der Waals surface area contributed by atoms with Crippen LogP contribution >= 0.6 is 0 Å². The zero-order chi connectivity index (χ0) is 38.7. The standard InChI is InChI=1S/C51H66N2/c1-34-29-40(52-39-22-19-37(20-23-39)48(5,6)7)32-42(30-34)53(41-24-25-44-45(33-41)51(13,14)28-27-50(44,11)12)46-26-21-38(49(8,9)10)31-43(46)35-15-17-36(18-16-35)47(2,3)4/h15-20,22-26,29-33,38,52H,21,27-28H2,1-14H3. The van der Waals surface area contributed by atoms with Crippen LogP contribution in [0.15, 0.2) is 103 Å². The number of fused-ring (bicyclic) bond motifs is 1. The predicted octanol–water partition coefficient (Wildman–Crippen LogP) is 14.9. The van der Waals surface area contributed by atoms with Gasteiger partial charge >= 0.3 is 0 Å². The van der Waals surface area contributed by atoms with Gasteiger partial charge in [0.05, 0.1) is 0 Å². The Balaban J connectivity index is 1.53. The van der Waals surface area contributed by atoms with Crippen molar-refractivity contribution in [3.05, 3.63) is 136 Å². The number of anilines is 4. The summed E-state index contributed by atoms with van der Waals surface area (Å²) in [5.41, 5.74) is 15.9. The number of nitrogens with zero attached hydrogens (tertiary/aromatic N) is 1. The molecule has 0 amide bonds. The van der Waals surface area contributed by atoms with Gasteiger partial charge in [-0.3, -0.25) is 0 Å². The first-order valence-electron chi connectivity index (χ1n) is 20.0. The lowest BCUT2D eigenvalue weighted by molar-refractivity contribution is 0.294. The van der Waals surface area contributed by atoms with Crippen LogP contribution in [0.4, 0.5) is 22.7 Å². The largest absolute Gasteiger partial charge is 0.355 e. The molecule has 0 fully saturated rings. The molecule has 1 N–H and O–H groups in total. The summed E-state index contributed by atoms with van der Waals surface area (Å²) in [4.78, 5) is 2.56. The monoisotopic (exact) mass is 707 g/mol. The number of aryl methyl sites for hydroxylation is 1. The van der Waals surface area contributed by atoms with Crippen LogP contribution in [0.25, 0.3) is 5.57 Å². The van der Waals surface area contributed by atoms with Crippen molar-refractivity contribution in [2.45, 2.75) is 138 Å². The summed E-state index contributed by atoms with van der Waals surface area (Å²) in [6.45, 7) is 32.8. The van der Waals surface area contributed by atoms with E-state index in [9.17, 15) is 0 Å².